The lowest BCUT2D eigenvalue weighted by Gasteiger charge is -2.15. The van der Waals surface area contributed by atoms with E-state index in [9.17, 15) is 18.0 Å². The quantitative estimate of drug-likeness (QED) is 0.486. The third-order valence-electron chi connectivity index (χ3n) is 5.09. The highest BCUT2D eigenvalue weighted by atomic mass is 35.5. The number of nitrogens with one attached hydrogen (secondary N) is 3. The number of benzene rings is 3. The maximum atomic E-state index is 13.0. The maximum absolute atomic E-state index is 13.0. The Morgan fingerprint density at radius 3 is 2.55 bits per heavy atom. The van der Waals surface area contributed by atoms with Gasteiger partial charge in [0, 0.05) is 35.1 Å². The van der Waals surface area contributed by atoms with Crippen molar-refractivity contribution in [3.63, 3.8) is 0 Å². The summed E-state index contributed by atoms with van der Waals surface area (Å²) >= 11 is 5.94. The topological polar surface area (TPSA) is 108 Å². The predicted molar refractivity (Wildman–Crippen MR) is 129 cm³/mol. The van der Waals surface area contributed by atoms with E-state index in [2.05, 4.69) is 15.4 Å². The predicted octanol–water partition coefficient (Wildman–Crippen LogP) is 4.23. The normalized spacial score (nSPS) is 13.5. The first-order valence-electron chi connectivity index (χ1n) is 10.1. The summed E-state index contributed by atoms with van der Waals surface area (Å²) in [5, 5.41) is 5.85. The number of carbonyl (C=O) groups excluding carboxylic acids is 2. The second-order valence-electron chi connectivity index (χ2n) is 7.48. The lowest BCUT2D eigenvalue weighted by molar-refractivity contribution is 0.102. The van der Waals surface area contributed by atoms with Crippen molar-refractivity contribution in [1.29, 1.82) is 0 Å². The van der Waals surface area contributed by atoms with E-state index >= 15 is 0 Å². The Bertz CT molecular complexity index is 1340. The minimum Gasteiger partial charge on any atom is -0.336 e. The number of nitrogens with zero attached hydrogens (tertiary/aromatic N) is 1. The molecular formula is C23H21ClN4O4S. The zero-order valence-corrected chi connectivity index (χ0v) is 19.2. The molecule has 0 atom stereocenters. The van der Waals surface area contributed by atoms with Crippen LogP contribution in [0.15, 0.2) is 71.6 Å². The van der Waals surface area contributed by atoms with Crippen LogP contribution in [0.3, 0.4) is 0 Å². The molecule has 170 valence electrons. The highest BCUT2D eigenvalue weighted by Crippen LogP contribution is 2.25. The van der Waals surface area contributed by atoms with Crippen LogP contribution >= 0.6 is 11.6 Å². The first-order valence-corrected chi connectivity index (χ1v) is 11.9. The Hall–Kier alpha value is -3.56. The van der Waals surface area contributed by atoms with Gasteiger partial charge < -0.3 is 10.6 Å². The van der Waals surface area contributed by atoms with E-state index < -0.39 is 15.9 Å². The van der Waals surface area contributed by atoms with Crippen molar-refractivity contribution in [2.75, 3.05) is 28.0 Å². The molecule has 0 bridgehead atoms. The van der Waals surface area contributed by atoms with Gasteiger partial charge in [0.25, 0.3) is 15.9 Å². The van der Waals surface area contributed by atoms with Crippen LogP contribution in [0.5, 0.6) is 0 Å². The third-order valence-corrected chi connectivity index (χ3v) is 6.85. The van der Waals surface area contributed by atoms with Gasteiger partial charge in [-0.05, 0) is 61.0 Å². The Morgan fingerprint density at radius 2 is 1.82 bits per heavy atom. The molecule has 8 nitrogen and oxygen atoms in total. The highest BCUT2D eigenvalue weighted by molar-refractivity contribution is 7.92. The van der Waals surface area contributed by atoms with Crippen molar-refractivity contribution in [2.45, 2.75) is 11.8 Å². The second-order valence-corrected chi connectivity index (χ2v) is 9.57. The van der Waals surface area contributed by atoms with Crippen LogP contribution in [0, 0.1) is 6.92 Å². The molecule has 0 radical (unpaired) electrons. The fourth-order valence-electron chi connectivity index (χ4n) is 3.47. The van der Waals surface area contributed by atoms with Crippen LogP contribution in [0.1, 0.15) is 15.9 Å². The van der Waals surface area contributed by atoms with Crippen LogP contribution in [0.4, 0.5) is 21.9 Å². The van der Waals surface area contributed by atoms with Crippen molar-refractivity contribution in [3.05, 3.63) is 82.9 Å². The van der Waals surface area contributed by atoms with Crippen molar-refractivity contribution in [1.82, 2.24) is 5.32 Å². The molecule has 3 amide bonds. The van der Waals surface area contributed by atoms with E-state index in [4.69, 9.17) is 11.6 Å². The van der Waals surface area contributed by atoms with Gasteiger partial charge in [0.1, 0.15) is 0 Å². The SMILES string of the molecule is Cc1ccc(NC(=O)c2cccc(N3CCNC3=O)c2)cc1S(=O)(=O)Nc1cccc(Cl)c1. The molecule has 3 aromatic carbocycles. The Balaban J connectivity index is 1.55. The monoisotopic (exact) mass is 484 g/mol. The number of urea groups is 1. The molecule has 3 aromatic rings. The van der Waals surface area contributed by atoms with Gasteiger partial charge in [0.05, 0.1) is 10.6 Å². The summed E-state index contributed by atoms with van der Waals surface area (Å²) in [4.78, 5) is 26.3. The van der Waals surface area contributed by atoms with E-state index in [1.807, 2.05) is 0 Å². The van der Waals surface area contributed by atoms with Gasteiger partial charge >= 0.3 is 6.03 Å². The van der Waals surface area contributed by atoms with Gasteiger partial charge in [-0.25, -0.2) is 13.2 Å². The number of hydrogen-bond donors (Lipinski definition) is 3. The molecule has 1 fully saturated rings. The Morgan fingerprint density at radius 1 is 1.03 bits per heavy atom. The Kier molecular flexibility index (Phi) is 6.26. The molecule has 0 aliphatic carbocycles. The summed E-state index contributed by atoms with van der Waals surface area (Å²) in [6.45, 7) is 2.73. The molecule has 0 saturated carbocycles. The van der Waals surface area contributed by atoms with Gasteiger partial charge in [-0.3, -0.25) is 14.4 Å². The molecule has 33 heavy (non-hydrogen) atoms. The first kappa shape index (κ1) is 22.6. The summed E-state index contributed by atoms with van der Waals surface area (Å²) < 4.78 is 28.4. The van der Waals surface area contributed by atoms with E-state index in [0.717, 1.165) is 0 Å². The maximum Gasteiger partial charge on any atom is 0.321 e. The largest absolute Gasteiger partial charge is 0.336 e. The standard InChI is InChI=1S/C23H21ClN4O4S/c1-15-8-9-18(14-21(15)33(31,32)27-19-6-3-5-17(24)13-19)26-22(29)16-4-2-7-20(12-16)28-11-10-25-23(28)30/h2-9,12-14,27H,10-11H2,1H3,(H,25,30)(H,26,29). The van der Waals surface area contributed by atoms with Crippen molar-refractivity contribution >= 4 is 50.6 Å². The Labute approximate surface area is 196 Å². The molecule has 1 aliphatic heterocycles. The number of rotatable bonds is 6. The number of amides is 3. The van der Waals surface area contributed by atoms with Gasteiger partial charge in [-0.1, -0.05) is 29.8 Å². The number of hydrogen-bond acceptors (Lipinski definition) is 4. The van der Waals surface area contributed by atoms with Crippen LogP contribution in [-0.4, -0.2) is 33.4 Å². The minimum atomic E-state index is -3.92. The van der Waals surface area contributed by atoms with Crippen LogP contribution in [-0.2, 0) is 10.0 Å². The molecule has 3 N–H and O–H groups in total. The number of anilines is 3. The number of carbonyl (C=O) groups is 2. The van der Waals surface area contributed by atoms with Crippen LogP contribution < -0.4 is 20.3 Å². The first-order chi connectivity index (χ1) is 15.7. The van der Waals surface area contributed by atoms with Crippen molar-refractivity contribution in [2.24, 2.45) is 0 Å². The summed E-state index contributed by atoms with van der Waals surface area (Å²) in [7, 11) is -3.92. The van der Waals surface area contributed by atoms with E-state index in [0.29, 0.717) is 46.3 Å². The number of halogens is 1. The smallest absolute Gasteiger partial charge is 0.321 e. The molecule has 10 heteroatoms. The average Bonchev–Trinajstić information content (AvgIpc) is 3.20. The van der Waals surface area contributed by atoms with Gasteiger partial charge in [0.2, 0.25) is 0 Å². The molecule has 0 spiro atoms. The van der Waals surface area contributed by atoms with E-state index in [1.54, 1.807) is 66.4 Å². The molecular weight excluding hydrogens is 464 g/mol. The third kappa shape index (κ3) is 5.10. The second kappa shape index (κ2) is 9.13. The molecule has 1 heterocycles. The van der Waals surface area contributed by atoms with Crippen molar-refractivity contribution < 1.29 is 18.0 Å². The van der Waals surface area contributed by atoms with Gasteiger partial charge in [-0.15, -0.1) is 0 Å². The average molecular weight is 485 g/mol. The molecule has 1 aliphatic rings. The van der Waals surface area contributed by atoms with Crippen LogP contribution in [0.25, 0.3) is 0 Å². The summed E-state index contributed by atoms with van der Waals surface area (Å²) in [5.41, 5.74) is 2.12. The number of sulfonamides is 1. The fourth-order valence-corrected chi connectivity index (χ4v) is 4.98. The van der Waals surface area contributed by atoms with E-state index in [1.165, 1.54) is 12.1 Å². The lowest BCUT2D eigenvalue weighted by Crippen LogP contribution is -2.27. The van der Waals surface area contributed by atoms with Crippen molar-refractivity contribution in [3.8, 4) is 0 Å². The van der Waals surface area contributed by atoms with Gasteiger partial charge in [0.15, 0.2) is 0 Å². The molecule has 1 saturated heterocycles. The molecule has 0 unspecified atom stereocenters. The lowest BCUT2D eigenvalue weighted by atomic mass is 10.1. The van der Waals surface area contributed by atoms with Crippen LogP contribution in [0.2, 0.25) is 5.02 Å². The van der Waals surface area contributed by atoms with E-state index in [-0.39, 0.29) is 10.9 Å². The zero-order valence-electron chi connectivity index (χ0n) is 17.6. The number of aryl methyl sites for hydroxylation is 1. The summed E-state index contributed by atoms with van der Waals surface area (Å²) in [6, 6.07) is 17.5. The molecule has 4 rings (SSSR count). The zero-order chi connectivity index (χ0) is 23.6. The summed E-state index contributed by atoms with van der Waals surface area (Å²) in [5.74, 6) is -0.425. The summed E-state index contributed by atoms with van der Waals surface area (Å²) in [6.07, 6.45) is 0. The highest BCUT2D eigenvalue weighted by Gasteiger charge is 2.22. The molecule has 0 aromatic heterocycles. The van der Waals surface area contributed by atoms with Gasteiger partial charge in [-0.2, -0.15) is 0 Å². The minimum absolute atomic E-state index is 0.0303. The fraction of sp³-hybridized carbons (Fsp3) is 0.130.